The zero-order chi connectivity index (χ0) is 17.4. The number of hydrogen-bond acceptors (Lipinski definition) is 2. The van der Waals surface area contributed by atoms with E-state index >= 15 is 0 Å². The van der Waals surface area contributed by atoms with Crippen LogP contribution in [-0.2, 0) is 10.5 Å². The Kier molecular flexibility index (Phi) is 7.38. The van der Waals surface area contributed by atoms with Crippen LogP contribution < -0.4 is 5.32 Å². The molecule has 128 valence electrons. The minimum Gasteiger partial charge on any atom is -0.348 e. The van der Waals surface area contributed by atoms with E-state index in [9.17, 15) is 4.79 Å². The molecule has 2 rings (SSSR count). The van der Waals surface area contributed by atoms with Gasteiger partial charge >= 0.3 is 0 Å². The largest absolute Gasteiger partial charge is 0.348 e. The van der Waals surface area contributed by atoms with Gasteiger partial charge < -0.3 is 5.32 Å². The molecular weight excluding hydrogens is 314 g/mol. The molecule has 0 aliphatic carbocycles. The van der Waals surface area contributed by atoms with Gasteiger partial charge in [0.15, 0.2) is 0 Å². The van der Waals surface area contributed by atoms with Crippen LogP contribution in [0.1, 0.15) is 44.4 Å². The van der Waals surface area contributed by atoms with Crippen molar-refractivity contribution >= 4 is 17.7 Å². The van der Waals surface area contributed by atoms with Gasteiger partial charge in [-0.2, -0.15) is 0 Å². The smallest absolute Gasteiger partial charge is 0.233 e. The van der Waals surface area contributed by atoms with Crippen molar-refractivity contribution in [2.75, 3.05) is 0 Å². The van der Waals surface area contributed by atoms with Gasteiger partial charge in [-0.15, -0.1) is 11.8 Å². The van der Waals surface area contributed by atoms with Crippen LogP contribution in [0.2, 0.25) is 0 Å². The molecule has 24 heavy (non-hydrogen) atoms. The summed E-state index contributed by atoms with van der Waals surface area (Å²) in [5.41, 5.74) is 2.43. The van der Waals surface area contributed by atoms with Crippen molar-refractivity contribution in [1.82, 2.24) is 5.32 Å². The molecule has 1 N–H and O–H groups in total. The summed E-state index contributed by atoms with van der Waals surface area (Å²) in [5.74, 6) is 1.50. The van der Waals surface area contributed by atoms with E-state index in [0.29, 0.717) is 5.92 Å². The van der Waals surface area contributed by atoms with Gasteiger partial charge in [-0.05, 0) is 30.4 Å². The highest BCUT2D eigenvalue weighted by molar-refractivity contribution is 7.99. The van der Waals surface area contributed by atoms with Gasteiger partial charge in [0.2, 0.25) is 5.91 Å². The Morgan fingerprint density at radius 3 is 2.12 bits per heavy atom. The lowest BCUT2D eigenvalue weighted by atomic mass is 9.97. The van der Waals surface area contributed by atoms with Crippen LogP contribution >= 0.6 is 11.8 Å². The van der Waals surface area contributed by atoms with Gasteiger partial charge in [0.25, 0.3) is 0 Å². The molecule has 0 saturated heterocycles. The van der Waals surface area contributed by atoms with Crippen LogP contribution in [0.25, 0.3) is 0 Å². The number of benzene rings is 2. The minimum atomic E-state index is -0.0661. The first kappa shape index (κ1) is 18.6. The first-order valence-corrected chi connectivity index (χ1v) is 9.62. The Hall–Kier alpha value is -1.74. The van der Waals surface area contributed by atoms with Crippen molar-refractivity contribution in [3.63, 3.8) is 0 Å². The first-order chi connectivity index (χ1) is 11.6. The lowest BCUT2D eigenvalue weighted by Gasteiger charge is -2.23. The van der Waals surface area contributed by atoms with E-state index in [0.717, 1.165) is 12.2 Å². The lowest BCUT2D eigenvalue weighted by molar-refractivity contribution is -0.121. The van der Waals surface area contributed by atoms with E-state index in [1.54, 1.807) is 11.8 Å². The van der Waals surface area contributed by atoms with Crippen molar-refractivity contribution in [3.05, 3.63) is 71.8 Å². The molecule has 0 spiro atoms. The number of thioether (sulfide) groups is 1. The fraction of sp³-hybridized carbons (Fsp3) is 0.381. The summed E-state index contributed by atoms with van der Waals surface area (Å²) in [6.07, 6.45) is 0.950. The van der Waals surface area contributed by atoms with E-state index in [1.165, 1.54) is 11.1 Å². The van der Waals surface area contributed by atoms with E-state index < -0.39 is 0 Å². The summed E-state index contributed by atoms with van der Waals surface area (Å²) in [5, 5.41) is 3.17. The van der Waals surface area contributed by atoms with Gasteiger partial charge in [0, 0.05) is 5.75 Å². The molecule has 0 radical (unpaired) electrons. The molecule has 0 aliphatic rings. The topological polar surface area (TPSA) is 29.1 Å². The Bertz CT molecular complexity index is 612. The number of rotatable bonds is 8. The molecule has 0 unspecified atom stereocenters. The summed E-state index contributed by atoms with van der Waals surface area (Å²) in [6, 6.07) is 20.6. The zero-order valence-electron chi connectivity index (χ0n) is 14.7. The number of nitrogens with one attached hydrogen (secondary N) is 1. The highest BCUT2D eigenvalue weighted by atomic mass is 32.2. The van der Waals surface area contributed by atoms with Crippen LogP contribution in [0, 0.1) is 5.92 Å². The molecule has 0 saturated carbocycles. The Labute approximate surface area is 150 Å². The van der Waals surface area contributed by atoms with Crippen LogP contribution in [0.3, 0.4) is 0 Å². The number of carbonyl (C=O) groups excluding carboxylic acids is 1. The summed E-state index contributed by atoms with van der Waals surface area (Å²) in [4.78, 5) is 12.6. The van der Waals surface area contributed by atoms with Crippen molar-refractivity contribution in [2.24, 2.45) is 5.92 Å². The predicted octanol–water partition coefficient (Wildman–Crippen LogP) is 5.21. The Morgan fingerprint density at radius 1 is 0.958 bits per heavy atom. The number of amides is 1. The molecular formula is C21H27NOS. The molecule has 3 heteroatoms. The second-order valence-electron chi connectivity index (χ2n) is 6.54. The number of hydrogen-bond donors (Lipinski definition) is 1. The highest BCUT2D eigenvalue weighted by Crippen LogP contribution is 2.23. The second-order valence-corrected chi connectivity index (χ2v) is 7.87. The third-order valence-electron chi connectivity index (χ3n) is 3.94. The quantitative estimate of drug-likeness (QED) is 0.714. The fourth-order valence-electron chi connectivity index (χ4n) is 2.60. The molecule has 0 heterocycles. The normalized spacial score (nSPS) is 13.5. The fourth-order valence-corrected chi connectivity index (χ4v) is 3.45. The highest BCUT2D eigenvalue weighted by Gasteiger charge is 2.20. The summed E-state index contributed by atoms with van der Waals surface area (Å²) >= 11 is 1.68. The predicted molar refractivity (Wildman–Crippen MR) is 104 cm³/mol. The van der Waals surface area contributed by atoms with Crippen molar-refractivity contribution in [1.29, 1.82) is 0 Å². The van der Waals surface area contributed by atoms with Gasteiger partial charge in [0.1, 0.15) is 0 Å². The summed E-state index contributed by atoms with van der Waals surface area (Å²) < 4.78 is 0. The molecule has 2 atom stereocenters. The van der Waals surface area contributed by atoms with E-state index in [-0.39, 0.29) is 17.2 Å². The average Bonchev–Trinajstić information content (AvgIpc) is 2.60. The standard InChI is InChI=1S/C21H27NOS/c1-16(2)14-20(19-12-8-5-9-13-19)22-21(23)17(3)24-15-18-10-6-4-7-11-18/h4-13,16-17,20H,14-15H2,1-3H3,(H,22,23)/t17-,20+/m0/s1. The van der Waals surface area contributed by atoms with Crippen LogP contribution in [-0.4, -0.2) is 11.2 Å². The van der Waals surface area contributed by atoms with E-state index in [1.807, 2.05) is 43.3 Å². The van der Waals surface area contributed by atoms with Crippen LogP contribution in [0.15, 0.2) is 60.7 Å². The zero-order valence-corrected chi connectivity index (χ0v) is 15.6. The Balaban J connectivity index is 1.93. The molecule has 2 nitrogen and oxygen atoms in total. The van der Waals surface area contributed by atoms with Crippen molar-refractivity contribution in [3.8, 4) is 0 Å². The van der Waals surface area contributed by atoms with Gasteiger partial charge in [-0.1, -0.05) is 74.5 Å². The van der Waals surface area contributed by atoms with Crippen molar-refractivity contribution < 1.29 is 4.79 Å². The van der Waals surface area contributed by atoms with E-state index in [4.69, 9.17) is 0 Å². The maximum Gasteiger partial charge on any atom is 0.233 e. The van der Waals surface area contributed by atoms with Crippen molar-refractivity contribution in [2.45, 2.75) is 44.2 Å². The molecule has 2 aromatic rings. The monoisotopic (exact) mass is 341 g/mol. The molecule has 1 amide bonds. The minimum absolute atomic E-state index is 0.0661. The maximum atomic E-state index is 12.6. The summed E-state index contributed by atoms with van der Waals surface area (Å²) in [6.45, 7) is 6.37. The summed E-state index contributed by atoms with van der Waals surface area (Å²) in [7, 11) is 0. The second kappa shape index (κ2) is 9.53. The molecule has 0 bridgehead atoms. The SMILES string of the molecule is CC(C)C[C@@H](NC(=O)[C@H](C)SCc1ccccc1)c1ccccc1. The first-order valence-electron chi connectivity index (χ1n) is 8.57. The van der Waals surface area contributed by atoms with E-state index in [2.05, 4.69) is 43.4 Å². The lowest BCUT2D eigenvalue weighted by Crippen LogP contribution is -2.35. The van der Waals surface area contributed by atoms with Gasteiger partial charge in [0.05, 0.1) is 11.3 Å². The van der Waals surface area contributed by atoms with Gasteiger partial charge in [-0.3, -0.25) is 4.79 Å². The maximum absolute atomic E-state index is 12.6. The Morgan fingerprint density at radius 2 is 1.54 bits per heavy atom. The van der Waals surface area contributed by atoms with Gasteiger partial charge in [-0.25, -0.2) is 0 Å². The molecule has 0 fully saturated rings. The molecule has 2 aromatic carbocycles. The molecule has 0 aromatic heterocycles. The molecule has 0 aliphatic heterocycles. The van der Waals surface area contributed by atoms with Crippen LogP contribution in [0.5, 0.6) is 0 Å². The third kappa shape index (κ3) is 6.04. The third-order valence-corrected chi connectivity index (χ3v) is 5.15. The number of carbonyl (C=O) groups is 1. The van der Waals surface area contributed by atoms with Crippen LogP contribution in [0.4, 0.5) is 0 Å². The average molecular weight is 342 g/mol.